The van der Waals surface area contributed by atoms with Gasteiger partial charge in [-0.3, -0.25) is 4.79 Å². The molecule has 0 saturated heterocycles. The van der Waals surface area contributed by atoms with Crippen LogP contribution in [0.4, 0.5) is 5.69 Å². The third-order valence-electron chi connectivity index (χ3n) is 5.30. The second-order valence-electron chi connectivity index (χ2n) is 7.71. The van der Waals surface area contributed by atoms with Gasteiger partial charge in [0.2, 0.25) is 10.0 Å². The smallest absolute Gasteiger partial charge is 0.251 e. The standard InChI is InChI=1S/C22H29N3O4S/c1-25(2)19-11-8-16(9-12-19)15-23-22(26)17-10-13-20(29-3)21(14-17)30(27,28)24-18-6-4-5-7-18/h8-14,18,24H,4-7,15H2,1-3H3,(H,23,26). The van der Waals surface area contributed by atoms with Gasteiger partial charge in [0.05, 0.1) is 7.11 Å². The molecule has 0 atom stereocenters. The van der Waals surface area contributed by atoms with E-state index in [1.165, 1.54) is 19.2 Å². The molecule has 2 aromatic carbocycles. The van der Waals surface area contributed by atoms with Crippen molar-refractivity contribution in [2.24, 2.45) is 0 Å². The third-order valence-corrected chi connectivity index (χ3v) is 6.84. The second-order valence-corrected chi connectivity index (χ2v) is 9.39. The lowest BCUT2D eigenvalue weighted by Crippen LogP contribution is -2.33. The number of carbonyl (C=O) groups excluding carboxylic acids is 1. The van der Waals surface area contributed by atoms with E-state index in [1.807, 2.05) is 43.3 Å². The SMILES string of the molecule is COc1ccc(C(=O)NCc2ccc(N(C)C)cc2)cc1S(=O)(=O)NC1CCCC1. The van der Waals surface area contributed by atoms with Crippen LogP contribution in [0.15, 0.2) is 47.4 Å². The Morgan fingerprint density at radius 2 is 1.77 bits per heavy atom. The van der Waals surface area contributed by atoms with E-state index in [4.69, 9.17) is 4.74 Å². The molecule has 0 spiro atoms. The van der Waals surface area contributed by atoms with Crippen LogP contribution in [0.5, 0.6) is 5.75 Å². The van der Waals surface area contributed by atoms with E-state index in [2.05, 4.69) is 10.0 Å². The average Bonchev–Trinajstić information content (AvgIpc) is 3.24. The van der Waals surface area contributed by atoms with Gasteiger partial charge in [-0.2, -0.15) is 0 Å². The van der Waals surface area contributed by atoms with Gasteiger partial charge in [0.1, 0.15) is 10.6 Å². The summed E-state index contributed by atoms with van der Waals surface area (Å²) in [5, 5.41) is 2.84. The Balaban J connectivity index is 1.73. The summed E-state index contributed by atoms with van der Waals surface area (Å²) in [7, 11) is 1.57. The molecule has 0 bridgehead atoms. The number of sulfonamides is 1. The zero-order valence-corrected chi connectivity index (χ0v) is 18.5. The summed E-state index contributed by atoms with van der Waals surface area (Å²) >= 11 is 0. The number of nitrogens with zero attached hydrogens (tertiary/aromatic N) is 1. The molecule has 8 heteroatoms. The normalized spacial score (nSPS) is 14.5. The van der Waals surface area contributed by atoms with E-state index in [-0.39, 0.29) is 28.2 Å². The zero-order valence-electron chi connectivity index (χ0n) is 17.6. The highest BCUT2D eigenvalue weighted by Crippen LogP contribution is 2.27. The first-order chi connectivity index (χ1) is 14.3. The molecule has 0 unspecified atom stereocenters. The molecular weight excluding hydrogens is 402 g/mol. The van der Waals surface area contributed by atoms with Crippen molar-refractivity contribution in [3.63, 3.8) is 0 Å². The van der Waals surface area contributed by atoms with Crippen molar-refractivity contribution in [2.45, 2.75) is 43.2 Å². The van der Waals surface area contributed by atoms with Gasteiger partial charge >= 0.3 is 0 Å². The molecule has 1 amide bonds. The lowest BCUT2D eigenvalue weighted by Gasteiger charge is -2.16. The van der Waals surface area contributed by atoms with Gasteiger partial charge in [-0.1, -0.05) is 25.0 Å². The van der Waals surface area contributed by atoms with Crippen molar-refractivity contribution in [1.82, 2.24) is 10.0 Å². The number of amides is 1. The van der Waals surface area contributed by atoms with Crippen LogP contribution in [0, 0.1) is 0 Å². The van der Waals surface area contributed by atoms with Gasteiger partial charge in [-0.25, -0.2) is 13.1 Å². The van der Waals surface area contributed by atoms with E-state index in [0.29, 0.717) is 6.54 Å². The van der Waals surface area contributed by atoms with Gasteiger partial charge in [0.15, 0.2) is 0 Å². The molecule has 3 rings (SSSR count). The van der Waals surface area contributed by atoms with Crippen molar-refractivity contribution in [3.8, 4) is 5.75 Å². The summed E-state index contributed by atoms with van der Waals surface area (Å²) in [5.74, 6) is -0.122. The Morgan fingerprint density at radius 3 is 2.37 bits per heavy atom. The van der Waals surface area contributed by atoms with Crippen molar-refractivity contribution >= 4 is 21.6 Å². The summed E-state index contributed by atoms with van der Waals surface area (Å²) in [6.07, 6.45) is 3.69. The minimum absolute atomic E-state index is 0.0140. The Bertz CT molecular complexity index is 982. The molecule has 7 nitrogen and oxygen atoms in total. The zero-order chi connectivity index (χ0) is 21.7. The molecule has 0 radical (unpaired) electrons. The van der Waals surface area contributed by atoms with E-state index in [9.17, 15) is 13.2 Å². The van der Waals surface area contributed by atoms with E-state index >= 15 is 0 Å². The molecule has 2 N–H and O–H groups in total. The van der Waals surface area contributed by atoms with Gasteiger partial charge < -0.3 is 15.0 Å². The first-order valence-electron chi connectivity index (χ1n) is 10.0. The maximum atomic E-state index is 12.9. The molecule has 1 aliphatic carbocycles. The summed E-state index contributed by atoms with van der Waals surface area (Å²) in [4.78, 5) is 14.6. The monoisotopic (exact) mass is 431 g/mol. The molecule has 1 fully saturated rings. The van der Waals surface area contributed by atoms with Crippen LogP contribution < -0.4 is 19.7 Å². The fourth-order valence-electron chi connectivity index (χ4n) is 3.55. The van der Waals surface area contributed by atoms with Crippen LogP contribution >= 0.6 is 0 Å². The van der Waals surface area contributed by atoms with Gasteiger partial charge in [-0.15, -0.1) is 0 Å². The molecule has 30 heavy (non-hydrogen) atoms. The van der Waals surface area contributed by atoms with Crippen LogP contribution in [-0.4, -0.2) is 41.6 Å². The number of benzene rings is 2. The van der Waals surface area contributed by atoms with Crippen molar-refractivity contribution < 1.29 is 17.9 Å². The second kappa shape index (κ2) is 9.49. The van der Waals surface area contributed by atoms with Gasteiger partial charge in [0, 0.05) is 37.9 Å². The predicted octanol–water partition coefficient (Wildman–Crippen LogP) is 2.91. The predicted molar refractivity (Wildman–Crippen MR) is 118 cm³/mol. The van der Waals surface area contributed by atoms with Gasteiger partial charge in [-0.05, 0) is 48.7 Å². The number of ether oxygens (including phenoxy) is 1. The number of anilines is 1. The third kappa shape index (κ3) is 5.31. The number of nitrogens with one attached hydrogen (secondary N) is 2. The van der Waals surface area contributed by atoms with Crippen LogP contribution in [0.25, 0.3) is 0 Å². The highest BCUT2D eigenvalue weighted by Gasteiger charge is 2.26. The lowest BCUT2D eigenvalue weighted by molar-refractivity contribution is 0.0950. The Morgan fingerprint density at radius 1 is 1.10 bits per heavy atom. The molecule has 0 aliphatic heterocycles. The van der Waals surface area contributed by atoms with Crippen molar-refractivity contribution in [1.29, 1.82) is 0 Å². The quantitative estimate of drug-likeness (QED) is 0.671. The van der Waals surface area contributed by atoms with Crippen LogP contribution in [-0.2, 0) is 16.6 Å². The average molecular weight is 432 g/mol. The molecule has 1 aliphatic rings. The highest BCUT2D eigenvalue weighted by molar-refractivity contribution is 7.89. The van der Waals surface area contributed by atoms with Crippen molar-refractivity contribution in [2.75, 3.05) is 26.1 Å². The maximum absolute atomic E-state index is 12.9. The maximum Gasteiger partial charge on any atom is 0.251 e. The van der Waals surface area contributed by atoms with Crippen LogP contribution in [0.1, 0.15) is 41.6 Å². The van der Waals surface area contributed by atoms with Crippen molar-refractivity contribution in [3.05, 3.63) is 53.6 Å². The fraction of sp³-hybridized carbons (Fsp3) is 0.409. The number of hydrogen-bond donors (Lipinski definition) is 2. The number of methoxy groups -OCH3 is 1. The highest BCUT2D eigenvalue weighted by atomic mass is 32.2. The largest absolute Gasteiger partial charge is 0.495 e. The Kier molecular flexibility index (Phi) is 6.99. The topological polar surface area (TPSA) is 87.7 Å². The Labute approximate surface area is 178 Å². The van der Waals surface area contributed by atoms with Crippen LogP contribution in [0.2, 0.25) is 0 Å². The molecular formula is C22H29N3O4S. The first-order valence-corrected chi connectivity index (χ1v) is 11.5. The minimum atomic E-state index is -3.78. The number of carbonyl (C=O) groups is 1. The molecule has 2 aromatic rings. The first kappa shape index (κ1) is 22.1. The molecule has 0 aromatic heterocycles. The Hall–Kier alpha value is -2.58. The van der Waals surface area contributed by atoms with E-state index < -0.39 is 10.0 Å². The van der Waals surface area contributed by atoms with E-state index in [1.54, 1.807) is 6.07 Å². The summed E-state index contributed by atoms with van der Waals surface area (Å²) < 4.78 is 33.7. The number of rotatable bonds is 8. The summed E-state index contributed by atoms with van der Waals surface area (Å²) in [6, 6.07) is 12.3. The fourth-order valence-corrected chi connectivity index (χ4v) is 5.05. The summed E-state index contributed by atoms with van der Waals surface area (Å²) in [5.41, 5.74) is 2.30. The van der Waals surface area contributed by atoms with E-state index in [0.717, 1.165) is 36.9 Å². The number of hydrogen-bond acceptors (Lipinski definition) is 5. The summed E-state index contributed by atoms with van der Waals surface area (Å²) in [6.45, 7) is 0.348. The van der Waals surface area contributed by atoms with Crippen LogP contribution in [0.3, 0.4) is 0 Å². The van der Waals surface area contributed by atoms with Gasteiger partial charge in [0.25, 0.3) is 5.91 Å². The lowest BCUT2D eigenvalue weighted by atomic mass is 10.1. The molecule has 1 saturated carbocycles. The molecule has 0 heterocycles. The molecule has 162 valence electrons. The minimum Gasteiger partial charge on any atom is -0.495 e.